The van der Waals surface area contributed by atoms with Crippen LogP contribution in [0, 0.1) is 0 Å². The molecule has 0 rings (SSSR count). The molecule has 0 aromatic rings. The van der Waals surface area contributed by atoms with Crippen molar-refractivity contribution in [3.63, 3.8) is 0 Å². The normalized spacial score (nSPS) is 16.8. The molecule has 0 aliphatic heterocycles. The summed E-state index contributed by atoms with van der Waals surface area (Å²) >= 11 is 5.40. The van der Waals surface area contributed by atoms with Gasteiger partial charge in [-0.15, -0.1) is 11.6 Å². The third kappa shape index (κ3) is 4.09. The molecule has 0 bridgehead atoms. The Hall–Kier alpha value is 0.210. The number of aliphatic hydroxyl groups is 2. The van der Waals surface area contributed by atoms with E-state index in [9.17, 15) is 0 Å². The average Bonchev–Trinajstić information content (AvgIpc) is 1.98. The number of hydrogen-bond donors (Lipinski definition) is 2. The molecule has 0 fully saturated rings. The summed E-state index contributed by atoms with van der Waals surface area (Å²) in [5, 5.41) is 18.2. The molecule has 0 aliphatic rings. The minimum Gasteiger partial charge on any atom is -0.390 e. The molecule has 0 saturated heterocycles. The third-order valence-electron chi connectivity index (χ3n) is 1.50. The van der Waals surface area contributed by atoms with E-state index in [1.165, 1.54) is 0 Å². The van der Waals surface area contributed by atoms with Crippen LogP contribution in [0.4, 0.5) is 0 Å². The number of halogens is 1. The Kier molecular flexibility index (Phi) is 6.08. The summed E-state index contributed by atoms with van der Waals surface area (Å²) in [6.45, 7) is 1.84. The summed E-state index contributed by atoms with van der Waals surface area (Å²) in [7, 11) is 0. The third-order valence-corrected chi connectivity index (χ3v) is 1.76. The van der Waals surface area contributed by atoms with E-state index in [1.807, 2.05) is 6.92 Å². The van der Waals surface area contributed by atoms with Crippen LogP contribution in [0.15, 0.2) is 0 Å². The summed E-state index contributed by atoms with van der Waals surface area (Å²) in [6.07, 6.45) is 0.786. The molecule has 0 aromatic carbocycles. The second-order valence-electron chi connectivity index (χ2n) is 2.37. The van der Waals surface area contributed by atoms with Gasteiger partial charge in [0.15, 0.2) is 0 Å². The van der Waals surface area contributed by atoms with Gasteiger partial charge >= 0.3 is 0 Å². The Morgan fingerprint density at radius 3 is 2.30 bits per heavy atom. The fraction of sp³-hybridized carbons (Fsp3) is 1.00. The largest absolute Gasteiger partial charge is 0.390 e. The molecule has 2 atom stereocenters. The topological polar surface area (TPSA) is 40.5 Å². The lowest BCUT2D eigenvalue weighted by atomic mass is 10.1. The standard InChI is InChI=1S/C7H15ClO2/c1-2-6(9)7(10)4-3-5-8/h6-7,9-10H,2-5H2,1H3. The van der Waals surface area contributed by atoms with Crippen molar-refractivity contribution in [2.24, 2.45) is 0 Å². The number of hydrogen-bond acceptors (Lipinski definition) is 2. The van der Waals surface area contributed by atoms with Crippen molar-refractivity contribution in [2.45, 2.75) is 38.4 Å². The molecule has 2 N–H and O–H groups in total. The van der Waals surface area contributed by atoms with E-state index in [2.05, 4.69) is 0 Å². The van der Waals surface area contributed by atoms with Crippen molar-refractivity contribution >= 4 is 11.6 Å². The lowest BCUT2D eigenvalue weighted by molar-refractivity contribution is 0.0126. The highest BCUT2D eigenvalue weighted by Gasteiger charge is 2.12. The molecule has 0 spiro atoms. The molecule has 0 aromatic heterocycles. The van der Waals surface area contributed by atoms with Crippen LogP contribution in [0.25, 0.3) is 0 Å². The Labute approximate surface area is 66.8 Å². The smallest absolute Gasteiger partial charge is 0.0799 e. The Balaban J connectivity index is 3.31. The van der Waals surface area contributed by atoms with Gasteiger partial charge in [0.2, 0.25) is 0 Å². The van der Waals surface area contributed by atoms with Crippen molar-refractivity contribution in [1.29, 1.82) is 0 Å². The van der Waals surface area contributed by atoms with Crippen molar-refractivity contribution in [1.82, 2.24) is 0 Å². The van der Waals surface area contributed by atoms with E-state index in [1.54, 1.807) is 0 Å². The van der Waals surface area contributed by atoms with Crippen LogP contribution in [0.3, 0.4) is 0 Å². The monoisotopic (exact) mass is 166 g/mol. The van der Waals surface area contributed by atoms with Crippen LogP contribution in [0.1, 0.15) is 26.2 Å². The molecule has 0 radical (unpaired) electrons. The maximum atomic E-state index is 9.14. The SMILES string of the molecule is CCC(O)C(O)CCCCl. The van der Waals surface area contributed by atoms with Crippen LogP contribution >= 0.6 is 11.6 Å². The molecule has 0 heterocycles. The first kappa shape index (κ1) is 10.2. The van der Waals surface area contributed by atoms with E-state index >= 15 is 0 Å². The zero-order valence-electron chi connectivity index (χ0n) is 6.26. The zero-order valence-corrected chi connectivity index (χ0v) is 7.01. The van der Waals surface area contributed by atoms with Gasteiger partial charge in [0.1, 0.15) is 0 Å². The average molecular weight is 167 g/mol. The fourth-order valence-corrected chi connectivity index (χ4v) is 0.905. The predicted molar refractivity (Wildman–Crippen MR) is 42.3 cm³/mol. The first-order chi connectivity index (χ1) is 4.72. The highest BCUT2D eigenvalue weighted by Crippen LogP contribution is 2.05. The van der Waals surface area contributed by atoms with Gasteiger partial charge < -0.3 is 10.2 Å². The van der Waals surface area contributed by atoms with Crippen molar-refractivity contribution < 1.29 is 10.2 Å². The maximum Gasteiger partial charge on any atom is 0.0799 e. The molecular weight excluding hydrogens is 152 g/mol. The Bertz CT molecular complexity index is 78.0. The van der Waals surface area contributed by atoms with Crippen LogP contribution in [0.2, 0.25) is 0 Å². The summed E-state index contributed by atoms with van der Waals surface area (Å²) < 4.78 is 0. The van der Waals surface area contributed by atoms with Gasteiger partial charge in [-0.2, -0.15) is 0 Å². The Morgan fingerprint density at radius 1 is 1.30 bits per heavy atom. The Morgan fingerprint density at radius 2 is 1.90 bits per heavy atom. The molecule has 2 unspecified atom stereocenters. The van der Waals surface area contributed by atoms with Crippen LogP contribution in [-0.4, -0.2) is 28.3 Å². The van der Waals surface area contributed by atoms with Gasteiger partial charge in [-0.25, -0.2) is 0 Å². The summed E-state index contributed by atoms with van der Waals surface area (Å²) in [5.41, 5.74) is 0. The summed E-state index contributed by atoms with van der Waals surface area (Å²) in [5.74, 6) is 0.549. The number of alkyl halides is 1. The molecule has 0 saturated carbocycles. The summed E-state index contributed by atoms with van der Waals surface area (Å²) in [4.78, 5) is 0. The predicted octanol–water partition coefficient (Wildman–Crippen LogP) is 1.14. The molecule has 0 aliphatic carbocycles. The van der Waals surface area contributed by atoms with E-state index in [0.717, 1.165) is 6.42 Å². The number of aliphatic hydroxyl groups excluding tert-OH is 2. The lowest BCUT2D eigenvalue weighted by Crippen LogP contribution is -2.24. The van der Waals surface area contributed by atoms with Crippen LogP contribution in [0.5, 0.6) is 0 Å². The van der Waals surface area contributed by atoms with Gasteiger partial charge in [-0.3, -0.25) is 0 Å². The summed E-state index contributed by atoms with van der Waals surface area (Å²) in [6, 6.07) is 0. The highest BCUT2D eigenvalue weighted by molar-refractivity contribution is 6.17. The fourth-order valence-electron chi connectivity index (χ4n) is 0.751. The van der Waals surface area contributed by atoms with Gasteiger partial charge in [-0.05, 0) is 19.3 Å². The van der Waals surface area contributed by atoms with E-state index < -0.39 is 12.2 Å². The van der Waals surface area contributed by atoms with Crippen LogP contribution in [-0.2, 0) is 0 Å². The second kappa shape index (κ2) is 5.96. The van der Waals surface area contributed by atoms with E-state index in [4.69, 9.17) is 21.8 Å². The zero-order chi connectivity index (χ0) is 7.98. The first-order valence-corrected chi connectivity index (χ1v) is 4.18. The van der Waals surface area contributed by atoms with Crippen LogP contribution < -0.4 is 0 Å². The molecule has 2 nitrogen and oxygen atoms in total. The number of rotatable bonds is 5. The minimum absolute atomic E-state index is 0.549. The van der Waals surface area contributed by atoms with Gasteiger partial charge in [0.25, 0.3) is 0 Å². The molecular formula is C7H15ClO2. The first-order valence-electron chi connectivity index (χ1n) is 3.64. The lowest BCUT2D eigenvalue weighted by Gasteiger charge is -2.14. The van der Waals surface area contributed by atoms with Gasteiger partial charge in [0.05, 0.1) is 12.2 Å². The minimum atomic E-state index is -0.594. The second-order valence-corrected chi connectivity index (χ2v) is 2.75. The molecule has 3 heteroatoms. The maximum absolute atomic E-state index is 9.14. The molecule has 0 amide bonds. The molecule has 62 valence electrons. The quantitative estimate of drug-likeness (QED) is 0.602. The van der Waals surface area contributed by atoms with Crippen molar-refractivity contribution in [3.8, 4) is 0 Å². The molecule has 10 heavy (non-hydrogen) atoms. The highest BCUT2D eigenvalue weighted by atomic mass is 35.5. The van der Waals surface area contributed by atoms with E-state index in [-0.39, 0.29) is 0 Å². The van der Waals surface area contributed by atoms with E-state index in [0.29, 0.717) is 18.7 Å². The van der Waals surface area contributed by atoms with Crippen molar-refractivity contribution in [2.75, 3.05) is 5.88 Å². The van der Waals surface area contributed by atoms with Gasteiger partial charge in [-0.1, -0.05) is 6.92 Å². The van der Waals surface area contributed by atoms with Crippen molar-refractivity contribution in [3.05, 3.63) is 0 Å². The van der Waals surface area contributed by atoms with Gasteiger partial charge in [0, 0.05) is 5.88 Å².